The van der Waals surface area contributed by atoms with E-state index in [0.717, 1.165) is 10.9 Å². The summed E-state index contributed by atoms with van der Waals surface area (Å²) in [6, 6.07) is 6.67. The SMILES string of the molecule is O=C(Nc1cnccn1)Nc1ccnc2cc(CO)ccc12. The topological polar surface area (TPSA) is 100 Å². The maximum absolute atomic E-state index is 12.0. The number of hydrogen-bond donors (Lipinski definition) is 3. The van der Waals surface area contributed by atoms with Gasteiger partial charge in [0.1, 0.15) is 0 Å². The third-order valence-electron chi connectivity index (χ3n) is 3.04. The number of aliphatic hydroxyl groups excluding tert-OH is 1. The molecule has 0 aliphatic heterocycles. The lowest BCUT2D eigenvalue weighted by Crippen LogP contribution is -2.20. The van der Waals surface area contributed by atoms with E-state index in [-0.39, 0.29) is 6.61 Å². The number of amides is 2. The number of fused-ring (bicyclic) bond motifs is 1. The van der Waals surface area contributed by atoms with Crippen LogP contribution in [0.25, 0.3) is 10.9 Å². The zero-order chi connectivity index (χ0) is 15.4. The summed E-state index contributed by atoms with van der Waals surface area (Å²) < 4.78 is 0. The van der Waals surface area contributed by atoms with E-state index < -0.39 is 6.03 Å². The van der Waals surface area contributed by atoms with E-state index >= 15 is 0 Å². The molecule has 0 spiro atoms. The molecule has 2 amide bonds. The van der Waals surface area contributed by atoms with Gasteiger partial charge in [-0.05, 0) is 17.7 Å². The lowest BCUT2D eigenvalue weighted by molar-refractivity contribution is 0.262. The minimum absolute atomic E-state index is 0.0531. The van der Waals surface area contributed by atoms with Crippen molar-refractivity contribution in [3.63, 3.8) is 0 Å². The molecule has 3 N–H and O–H groups in total. The summed E-state index contributed by atoms with van der Waals surface area (Å²) in [5.41, 5.74) is 2.08. The first-order chi connectivity index (χ1) is 10.8. The summed E-state index contributed by atoms with van der Waals surface area (Å²) >= 11 is 0. The van der Waals surface area contributed by atoms with Crippen LogP contribution < -0.4 is 10.6 Å². The van der Waals surface area contributed by atoms with Gasteiger partial charge in [-0.15, -0.1) is 0 Å². The number of anilines is 2. The second-order valence-corrected chi connectivity index (χ2v) is 4.54. The van der Waals surface area contributed by atoms with Crippen LogP contribution in [0.5, 0.6) is 0 Å². The number of aromatic nitrogens is 3. The van der Waals surface area contributed by atoms with Gasteiger partial charge in [-0.25, -0.2) is 9.78 Å². The van der Waals surface area contributed by atoms with E-state index in [2.05, 4.69) is 25.6 Å². The standard InChI is InChI=1S/C15H13N5O2/c21-9-10-1-2-11-12(3-4-17-13(11)7-10)19-15(22)20-14-8-16-5-6-18-14/h1-8,21H,9H2,(H2,17,18,19,20,22). The van der Waals surface area contributed by atoms with Crippen LogP contribution in [0.2, 0.25) is 0 Å². The molecular formula is C15H13N5O2. The number of aliphatic hydroxyl groups is 1. The molecule has 7 heteroatoms. The van der Waals surface area contributed by atoms with Crippen LogP contribution in [0.1, 0.15) is 5.56 Å². The molecule has 0 aliphatic carbocycles. The Morgan fingerprint density at radius 3 is 2.77 bits per heavy atom. The van der Waals surface area contributed by atoms with Crippen molar-refractivity contribution in [2.45, 2.75) is 6.61 Å². The minimum atomic E-state index is -0.417. The zero-order valence-corrected chi connectivity index (χ0v) is 11.5. The summed E-state index contributed by atoms with van der Waals surface area (Å²) in [6.07, 6.45) is 6.07. The quantitative estimate of drug-likeness (QED) is 0.687. The molecular weight excluding hydrogens is 282 g/mol. The summed E-state index contributed by atoms with van der Waals surface area (Å²) in [4.78, 5) is 24.1. The fourth-order valence-electron chi connectivity index (χ4n) is 2.03. The van der Waals surface area contributed by atoms with Gasteiger partial charge in [0.2, 0.25) is 0 Å². The van der Waals surface area contributed by atoms with Crippen LogP contribution in [0.3, 0.4) is 0 Å². The van der Waals surface area contributed by atoms with Crippen LogP contribution in [-0.2, 0) is 6.61 Å². The second-order valence-electron chi connectivity index (χ2n) is 4.54. The van der Waals surface area contributed by atoms with Gasteiger partial charge in [0, 0.05) is 24.0 Å². The summed E-state index contributed by atoms with van der Waals surface area (Å²) in [7, 11) is 0. The van der Waals surface area contributed by atoms with Crippen molar-refractivity contribution < 1.29 is 9.90 Å². The normalized spacial score (nSPS) is 10.4. The first-order valence-corrected chi connectivity index (χ1v) is 6.59. The minimum Gasteiger partial charge on any atom is -0.392 e. The molecule has 3 aromatic rings. The highest BCUT2D eigenvalue weighted by Crippen LogP contribution is 2.22. The van der Waals surface area contributed by atoms with Gasteiger partial charge in [0.25, 0.3) is 0 Å². The predicted octanol–water partition coefficient (Wildman–Crippen LogP) is 2.16. The first-order valence-electron chi connectivity index (χ1n) is 6.59. The average molecular weight is 295 g/mol. The predicted molar refractivity (Wildman–Crippen MR) is 82.3 cm³/mol. The Morgan fingerprint density at radius 2 is 2.00 bits per heavy atom. The Morgan fingerprint density at radius 1 is 1.09 bits per heavy atom. The van der Waals surface area contributed by atoms with Gasteiger partial charge < -0.3 is 10.4 Å². The number of benzene rings is 1. The monoisotopic (exact) mass is 295 g/mol. The zero-order valence-electron chi connectivity index (χ0n) is 11.5. The van der Waals surface area contributed by atoms with Crippen LogP contribution in [0.4, 0.5) is 16.3 Å². The molecule has 0 saturated heterocycles. The highest BCUT2D eigenvalue weighted by Gasteiger charge is 2.07. The molecule has 0 bridgehead atoms. The number of nitrogens with zero attached hydrogens (tertiary/aromatic N) is 3. The average Bonchev–Trinajstić information content (AvgIpc) is 2.55. The van der Waals surface area contributed by atoms with Crippen molar-refractivity contribution in [3.05, 3.63) is 54.6 Å². The number of pyridine rings is 1. The molecule has 1 aromatic carbocycles. The number of carbonyl (C=O) groups is 1. The molecule has 0 aliphatic rings. The summed E-state index contributed by atoms with van der Waals surface area (Å²) in [5, 5.41) is 15.3. The number of rotatable bonds is 3. The van der Waals surface area contributed by atoms with Crippen LogP contribution in [0.15, 0.2) is 49.1 Å². The van der Waals surface area contributed by atoms with Crippen molar-refractivity contribution in [1.29, 1.82) is 0 Å². The van der Waals surface area contributed by atoms with Gasteiger partial charge in [0.15, 0.2) is 5.82 Å². The Bertz CT molecular complexity index is 807. The van der Waals surface area contributed by atoms with Crippen molar-refractivity contribution in [1.82, 2.24) is 15.0 Å². The van der Waals surface area contributed by atoms with E-state index in [0.29, 0.717) is 17.0 Å². The van der Waals surface area contributed by atoms with Gasteiger partial charge >= 0.3 is 6.03 Å². The molecule has 0 fully saturated rings. The Kier molecular flexibility index (Phi) is 3.88. The number of nitrogens with one attached hydrogen (secondary N) is 2. The van der Waals surface area contributed by atoms with E-state index in [4.69, 9.17) is 5.11 Å². The third-order valence-corrected chi connectivity index (χ3v) is 3.04. The second kappa shape index (κ2) is 6.15. The maximum Gasteiger partial charge on any atom is 0.324 e. The van der Waals surface area contributed by atoms with Crippen molar-refractivity contribution in [2.24, 2.45) is 0 Å². The number of carbonyl (C=O) groups excluding carboxylic acids is 1. The largest absolute Gasteiger partial charge is 0.392 e. The van der Waals surface area contributed by atoms with Crippen LogP contribution >= 0.6 is 0 Å². The van der Waals surface area contributed by atoms with Crippen LogP contribution in [-0.4, -0.2) is 26.1 Å². The Labute approximate surface area is 126 Å². The van der Waals surface area contributed by atoms with E-state index in [1.807, 2.05) is 6.07 Å². The fraction of sp³-hybridized carbons (Fsp3) is 0.0667. The lowest BCUT2D eigenvalue weighted by Gasteiger charge is -2.09. The van der Waals surface area contributed by atoms with Gasteiger partial charge in [-0.1, -0.05) is 12.1 Å². The molecule has 0 saturated carbocycles. The van der Waals surface area contributed by atoms with E-state index in [1.54, 1.807) is 24.4 Å². The summed E-state index contributed by atoms with van der Waals surface area (Å²) in [5.74, 6) is 0.362. The number of hydrogen-bond acceptors (Lipinski definition) is 5. The van der Waals surface area contributed by atoms with Crippen molar-refractivity contribution >= 4 is 28.4 Å². The van der Waals surface area contributed by atoms with E-state index in [1.165, 1.54) is 18.6 Å². The third kappa shape index (κ3) is 2.99. The highest BCUT2D eigenvalue weighted by atomic mass is 16.3. The van der Waals surface area contributed by atoms with Crippen molar-refractivity contribution in [2.75, 3.05) is 10.6 Å². The summed E-state index contributed by atoms with van der Waals surface area (Å²) in [6.45, 7) is -0.0531. The van der Waals surface area contributed by atoms with Crippen molar-refractivity contribution in [3.8, 4) is 0 Å². The van der Waals surface area contributed by atoms with Gasteiger partial charge in [-0.2, -0.15) is 0 Å². The maximum atomic E-state index is 12.0. The molecule has 3 rings (SSSR count). The molecule has 0 atom stereocenters. The lowest BCUT2D eigenvalue weighted by atomic mass is 10.1. The Balaban J connectivity index is 1.83. The first kappa shape index (κ1) is 13.9. The molecule has 0 unspecified atom stereocenters. The molecule has 7 nitrogen and oxygen atoms in total. The fourth-order valence-corrected chi connectivity index (χ4v) is 2.03. The van der Waals surface area contributed by atoms with Gasteiger partial charge in [-0.3, -0.25) is 15.3 Å². The van der Waals surface area contributed by atoms with Crippen LogP contribution in [0, 0.1) is 0 Å². The van der Waals surface area contributed by atoms with Gasteiger partial charge in [0.05, 0.1) is 24.0 Å². The molecule has 110 valence electrons. The Hall–Kier alpha value is -3.06. The highest BCUT2D eigenvalue weighted by molar-refractivity contribution is 6.05. The smallest absolute Gasteiger partial charge is 0.324 e. The molecule has 2 aromatic heterocycles. The molecule has 22 heavy (non-hydrogen) atoms. The molecule has 0 radical (unpaired) electrons. The number of urea groups is 1. The molecule has 2 heterocycles. The van der Waals surface area contributed by atoms with E-state index in [9.17, 15) is 4.79 Å².